The molecule has 2 aliphatic heterocycles. The maximum absolute atomic E-state index is 13.4. The molecule has 0 aliphatic carbocycles. The predicted molar refractivity (Wildman–Crippen MR) is 101 cm³/mol. The number of aromatic nitrogens is 4. The van der Waals surface area contributed by atoms with E-state index in [1.54, 1.807) is 6.20 Å². The van der Waals surface area contributed by atoms with Crippen LogP contribution >= 0.6 is 0 Å². The fraction of sp³-hybridized carbons (Fsp3) is 0.650. The summed E-state index contributed by atoms with van der Waals surface area (Å²) in [5.74, 6) is 0.736. The molecule has 2 aromatic heterocycles. The topological polar surface area (TPSA) is 76.0 Å². The number of ether oxygens (including phenoxy) is 1. The SMILES string of the molecule is CCn1nc2c(c1C(=O)N1CCC(Cc3ccn[nH]3)CC1)C[C@H](C)O[C@@H]2C. The third-order valence-electron chi connectivity index (χ3n) is 5.87. The van der Waals surface area contributed by atoms with Gasteiger partial charge in [0, 0.05) is 43.5 Å². The van der Waals surface area contributed by atoms with Crippen molar-refractivity contribution in [1.82, 2.24) is 24.9 Å². The monoisotopic (exact) mass is 371 g/mol. The quantitative estimate of drug-likeness (QED) is 0.897. The molecular formula is C20H29N5O2. The first kappa shape index (κ1) is 18.2. The second kappa shape index (κ2) is 7.46. The highest BCUT2D eigenvalue weighted by Gasteiger charge is 2.34. The lowest BCUT2D eigenvalue weighted by atomic mass is 9.91. The Morgan fingerprint density at radius 2 is 2.11 bits per heavy atom. The number of hydrogen-bond acceptors (Lipinski definition) is 4. The van der Waals surface area contributed by atoms with E-state index in [1.165, 1.54) is 5.69 Å². The van der Waals surface area contributed by atoms with Crippen LogP contribution in [0.3, 0.4) is 0 Å². The van der Waals surface area contributed by atoms with Gasteiger partial charge in [-0.25, -0.2) is 0 Å². The fourth-order valence-electron chi connectivity index (χ4n) is 4.46. The maximum Gasteiger partial charge on any atom is 0.272 e. The number of fused-ring (bicyclic) bond motifs is 1. The minimum atomic E-state index is -0.0526. The van der Waals surface area contributed by atoms with Crippen molar-refractivity contribution in [3.8, 4) is 0 Å². The number of piperidine rings is 1. The Morgan fingerprint density at radius 3 is 2.78 bits per heavy atom. The number of aromatic amines is 1. The highest BCUT2D eigenvalue weighted by atomic mass is 16.5. The van der Waals surface area contributed by atoms with Gasteiger partial charge in [0.25, 0.3) is 5.91 Å². The van der Waals surface area contributed by atoms with Crippen LogP contribution in [-0.4, -0.2) is 50.0 Å². The molecule has 0 unspecified atom stereocenters. The molecule has 0 spiro atoms. The number of H-pyrrole nitrogens is 1. The molecule has 146 valence electrons. The molecule has 0 radical (unpaired) electrons. The van der Waals surface area contributed by atoms with Crippen molar-refractivity contribution in [1.29, 1.82) is 0 Å². The highest BCUT2D eigenvalue weighted by Crippen LogP contribution is 2.32. The van der Waals surface area contributed by atoms with E-state index in [0.717, 1.165) is 55.7 Å². The molecule has 2 aromatic rings. The summed E-state index contributed by atoms with van der Waals surface area (Å²) >= 11 is 0. The number of carbonyl (C=O) groups is 1. The largest absolute Gasteiger partial charge is 0.369 e. The molecule has 0 aromatic carbocycles. The van der Waals surface area contributed by atoms with Crippen molar-refractivity contribution in [2.24, 2.45) is 5.92 Å². The Labute approximate surface area is 160 Å². The van der Waals surface area contributed by atoms with Crippen LogP contribution in [0.5, 0.6) is 0 Å². The summed E-state index contributed by atoms with van der Waals surface area (Å²) in [5, 5.41) is 11.8. The van der Waals surface area contributed by atoms with Crippen LogP contribution in [0.25, 0.3) is 0 Å². The predicted octanol–water partition coefficient (Wildman–Crippen LogP) is 2.74. The fourth-order valence-corrected chi connectivity index (χ4v) is 4.46. The van der Waals surface area contributed by atoms with Gasteiger partial charge in [0.1, 0.15) is 5.69 Å². The molecule has 7 heteroatoms. The van der Waals surface area contributed by atoms with Crippen molar-refractivity contribution in [2.75, 3.05) is 13.1 Å². The van der Waals surface area contributed by atoms with Crippen molar-refractivity contribution < 1.29 is 9.53 Å². The molecular weight excluding hydrogens is 342 g/mol. The minimum Gasteiger partial charge on any atom is -0.369 e. The van der Waals surface area contributed by atoms with Crippen LogP contribution in [0.15, 0.2) is 12.3 Å². The Morgan fingerprint density at radius 1 is 1.33 bits per heavy atom. The van der Waals surface area contributed by atoms with Gasteiger partial charge in [-0.2, -0.15) is 10.2 Å². The molecule has 1 N–H and O–H groups in total. The van der Waals surface area contributed by atoms with Crippen molar-refractivity contribution in [3.05, 3.63) is 34.9 Å². The highest BCUT2D eigenvalue weighted by molar-refractivity contribution is 5.94. The molecule has 0 saturated carbocycles. The molecule has 1 amide bonds. The Kier molecular flexibility index (Phi) is 5.04. The summed E-state index contributed by atoms with van der Waals surface area (Å²) in [5.41, 5.74) is 3.99. The van der Waals surface area contributed by atoms with E-state index in [4.69, 9.17) is 9.84 Å². The first-order valence-electron chi connectivity index (χ1n) is 10.1. The second-order valence-electron chi connectivity index (χ2n) is 7.84. The van der Waals surface area contributed by atoms with E-state index >= 15 is 0 Å². The van der Waals surface area contributed by atoms with Crippen LogP contribution in [0.1, 0.15) is 67.2 Å². The van der Waals surface area contributed by atoms with Gasteiger partial charge in [0.15, 0.2) is 0 Å². The van der Waals surface area contributed by atoms with E-state index in [-0.39, 0.29) is 18.1 Å². The van der Waals surface area contributed by atoms with E-state index in [2.05, 4.69) is 17.1 Å². The summed E-state index contributed by atoms with van der Waals surface area (Å²) in [6.07, 6.45) is 5.70. The number of likely N-dealkylation sites (tertiary alicyclic amines) is 1. The molecule has 0 bridgehead atoms. The van der Waals surface area contributed by atoms with Crippen molar-refractivity contribution in [2.45, 2.75) is 65.2 Å². The van der Waals surface area contributed by atoms with Gasteiger partial charge in [-0.15, -0.1) is 0 Å². The number of aryl methyl sites for hydroxylation is 1. The molecule has 4 heterocycles. The van der Waals surface area contributed by atoms with Gasteiger partial charge in [-0.05, 0) is 52.0 Å². The number of amides is 1. The number of hydrogen-bond donors (Lipinski definition) is 1. The first-order chi connectivity index (χ1) is 13.1. The molecule has 4 rings (SSSR count). The van der Waals surface area contributed by atoms with Gasteiger partial charge in [-0.3, -0.25) is 14.6 Å². The lowest BCUT2D eigenvalue weighted by molar-refractivity contribution is -0.00717. The van der Waals surface area contributed by atoms with E-state index in [9.17, 15) is 4.79 Å². The van der Waals surface area contributed by atoms with Crippen LogP contribution in [0.4, 0.5) is 0 Å². The molecule has 2 atom stereocenters. The summed E-state index contributed by atoms with van der Waals surface area (Å²) in [7, 11) is 0. The van der Waals surface area contributed by atoms with Crippen LogP contribution in [-0.2, 0) is 24.1 Å². The zero-order chi connectivity index (χ0) is 19.0. The van der Waals surface area contributed by atoms with Crippen molar-refractivity contribution in [3.63, 3.8) is 0 Å². The number of carbonyl (C=O) groups excluding carboxylic acids is 1. The van der Waals surface area contributed by atoms with Gasteiger partial charge in [0.2, 0.25) is 0 Å². The second-order valence-corrected chi connectivity index (χ2v) is 7.84. The summed E-state index contributed by atoms with van der Waals surface area (Å²) in [6, 6.07) is 2.04. The Bertz CT molecular complexity index is 790. The molecule has 2 aliphatic rings. The van der Waals surface area contributed by atoms with Gasteiger partial charge in [-0.1, -0.05) is 0 Å². The van der Waals surface area contributed by atoms with E-state index in [0.29, 0.717) is 12.5 Å². The number of nitrogens with one attached hydrogen (secondary N) is 1. The van der Waals surface area contributed by atoms with Gasteiger partial charge < -0.3 is 9.64 Å². The standard InChI is InChI=1S/C20H29N5O2/c1-4-25-19(17-11-13(2)27-14(3)18(17)23-25)20(26)24-9-6-15(7-10-24)12-16-5-8-21-22-16/h5,8,13-15H,4,6-7,9-12H2,1-3H3,(H,21,22)/t13-,14+/m0/s1. The summed E-state index contributed by atoms with van der Waals surface area (Å²) in [4.78, 5) is 15.4. The zero-order valence-electron chi connectivity index (χ0n) is 16.4. The lowest BCUT2D eigenvalue weighted by Crippen LogP contribution is -2.40. The average Bonchev–Trinajstić information content (AvgIpc) is 3.29. The number of nitrogens with zero attached hydrogens (tertiary/aromatic N) is 4. The average molecular weight is 371 g/mol. The zero-order valence-corrected chi connectivity index (χ0v) is 16.4. The van der Waals surface area contributed by atoms with Crippen LogP contribution < -0.4 is 0 Å². The normalized spacial score (nSPS) is 23.4. The minimum absolute atomic E-state index is 0.0526. The van der Waals surface area contributed by atoms with Crippen LogP contribution in [0.2, 0.25) is 0 Å². The Hall–Kier alpha value is -2.15. The molecule has 7 nitrogen and oxygen atoms in total. The Balaban J connectivity index is 1.49. The van der Waals surface area contributed by atoms with E-state index in [1.807, 2.05) is 29.5 Å². The maximum atomic E-state index is 13.4. The van der Waals surface area contributed by atoms with E-state index < -0.39 is 0 Å². The molecule has 1 fully saturated rings. The van der Waals surface area contributed by atoms with Crippen molar-refractivity contribution >= 4 is 5.91 Å². The van der Waals surface area contributed by atoms with Crippen LogP contribution in [0, 0.1) is 5.92 Å². The first-order valence-corrected chi connectivity index (χ1v) is 10.1. The molecule has 1 saturated heterocycles. The molecule has 27 heavy (non-hydrogen) atoms. The lowest BCUT2D eigenvalue weighted by Gasteiger charge is -2.32. The third-order valence-corrected chi connectivity index (χ3v) is 5.87. The third kappa shape index (κ3) is 3.52. The number of rotatable bonds is 4. The van der Waals surface area contributed by atoms with Gasteiger partial charge >= 0.3 is 0 Å². The smallest absolute Gasteiger partial charge is 0.272 e. The summed E-state index contributed by atoms with van der Waals surface area (Å²) in [6.45, 7) is 8.45. The van der Waals surface area contributed by atoms with Gasteiger partial charge in [0.05, 0.1) is 17.9 Å². The summed E-state index contributed by atoms with van der Waals surface area (Å²) < 4.78 is 7.78.